The molecule has 1 aromatic heterocycles. The van der Waals surface area contributed by atoms with Crippen LogP contribution in [0.15, 0.2) is 23.2 Å². The lowest BCUT2D eigenvalue weighted by Crippen LogP contribution is -2.58. The molecule has 8 heteroatoms. The van der Waals surface area contributed by atoms with E-state index in [0.717, 1.165) is 57.9 Å². The lowest BCUT2D eigenvalue weighted by atomic mass is 9.79. The number of morpholine rings is 1. The van der Waals surface area contributed by atoms with E-state index in [1.54, 1.807) is 10.4 Å². The van der Waals surface area contributed by atoms with Crippen LogP contribution in [0, 0.1) is 0 Å². The maximum Gasteiger partial charge on any atom is 0.244 e. The summed E-state index contributed by atoms with van der Waals surface area (Å²) in [4.78, 5) is 7.33. The minimum atomic E-state index is -3.42. The summed E-state index contributed by atoms with van der Waals surface area (Å²) in [5.74, 6) is 0.751. The molecule has 2 aliphatic heterocycles. The first-order valence-electron chi connectivity index (χ1n) is 11.1. The van der Waals surface area contributed by atoms with Gasteiger partial charge in [0.05, 0.1) is 13.2 Å². The summed E-state index contributed by atoms with van der Waals surface area (Å²) in [6, 6.07) is 3.51. The highest BCUT2D eigenvalue weighted by molar-refractivity contribution is 7.89. The zero-order valence-electron chi connectivity index (χ0n) is 17.3. The molecule has 29 heavy (non-hydrogen) atoms. The van der Waals surface area contributed by atoms with Gasteiger partial charge in [0.25, 0.3) is 0 Å². The molecule has 0 bridgehead atoms. The van der Waals surface area contributed by atoms with Gasteiger partial charge < -0.3 is 10.1 Å². The number of hydrogen-bond acceptors (Lipinski definition) is 6. The van der Waals surface area contributed by atoms with E-state index in [9.17, 15) is 8.42 Å². The van der Waals surface area contributed by atoms with E-state index in [-0.39, 0.29) is 5.54 Å². The van der Waals surface area contributed by atoms with E-state index < -0.39 is 10.0 Å². The smallest absolute Gasteiger partial charge is 0.244 e. The summed E-state index contributed by atoms with van der Waals surface area (Å²) in [5.41, 5.74) is 0.155. The summed E-state index contributed by atoms with van der Waals surface area (Å²) in [7, 11) is -3.42. The Balaban J connectivity index is 1.42. The third kappa shape index (κ3) is 4.76. The Bertz CT molecular complexity index is 751. The van der Waals surface area contributed by atoms with Crippen LogP contribution in [-0.2, 0) is 14.8 Å². The van der Waals surface area contributed by atoms with Crippen LogP contribution in [0.1, 0.15) is 51.4 Å². The van der Waals surface area contributed by atoms with Crippen molar-refractivity contribution in [3.63, 3.8) is 0 Å². The largest absolute Gasteiger partial charge is 0.379 e. The fourth-order valence-electron chi connectivity index (χ4n) is 5.00. The molecule has 0 aromatic carbocycles. The third-order valence-electron chi connectivity index (χ3n) is 6.75. The molecule has 0 spiro atoms. The van der Waals surface area contributed by atoms with Crippen LogP contribution in [0.5, 0.6) is 0 Å². The van der Waals surface area contributed by atoms with Crippen molar-refractivity contribution in [2.75, 3.05) is 51.3 Å². The molecule has 0 radical (unpaired) electrons. The Kier molecular flexibility index (Phi) is 6.73. The molecular weight excluding hydrogens is 388 g/mol. The molecule has 3 fully saturated rings. The van der Waals surface area contributed by atoms with Gasteiger partial charge in [0.2, 0.25) is 10.0 Å². The number of rotatable bonds is 6. The molecule has 1 aromatic rings. The molecule has 2 saturated heterocycles. The van der Waals surface area contributed by atoms with Crippen molar-refractivity contribution in [3.8, 4) is 0 Å². The summed E-state index contributed by atoms with van der Waals surface area (Å²) < 4.78 is 32.8. The second-order valence-corrected chi connectivity index (χ2v) is 10.5. The number of hydrogen-bond donors (Lipinski definition) is 1. The Labute approximate surface area is 174 Å². The quantitative estimate of drug-likeness (QED) is 0.760. The van der Waals surface area contributed by atoms with Crippen LogP contribution >= 0.6 is 0 Å². The summed E-state index contributed by atoms with van der Waals surface area (Å²) in [6.07, 6.45) is 10.7. The average molecular weight is 423 g/mol. The van der Waals surface area contributed by atoms with Crippen molar-refractivity contribution < 1.29 is 13.2 Å². The van der Waals surface area contributed by atoms with Gasteiger partial charge >= 0.3 is 0 Å². The highest BCUT2D eigenvalue weighted by Crippen LogP contribution is 2.34. The van der Waals surface area contributed by atoms with Crippen molar-refractivity contribution in [1.82, 2.24) is 14.2 Å². The molecule has 162 valence electrons. The molecule has 0 unspecified atom stereocenters. The number of aromatic nitrogens is 1. The molecule has 1 aliphatic carbocycles. The zero-order chi connectivity index (χ0) is 20.2. The number of piperidine rings is 1. The Morgan fingerprint density at radius 3 is 2.31 bits per heavy atom. The van der Waals surface area contributed by atoms with Crippen molar-refractivity contribution in [1.29, 1.82) is 0 Å². The topological polar surface area (TPSA) is 74.8 Å². The van der Waals surface area contributed by atoms with Crippen LogP contribution in [0.2, 0.25) is 0 Å². The van der Waals surface area contributed by atoms with E-state index in [4.69, 9.17) is 4.74 Å². The van der Waals surface area contributed by atoms with Gasteiger partial charge in [-0.25, -0.2) is 13.4 Å². The van der Waals surface area contributed by atoms with Crippen molar-refractivity contribution in [2.24, 2.45) is 0 Å². The van der Waals surface area contributed by atoms with Gasteiger partial charge in [0, 0.05) is 44.5 Å². The van der Waals surface area contributed by atoms with Crippen LogP contribution in [0.25, 0.3) is 0 Å². The zero-order valence-corrected chi connectivity index (χ0v) is 18.1. The number of ether oxygens (including phenoxy) is 1. The number of anilines is 1. The number of sulfonamides is 1. The standard InChI is InChI=1S/C21H34N4O3S/c26-29(27,25-11-5-2-6-12-25)19-7-8-20(22-17-19)23-18-21(9-3-1-4-10-21)24-13-15-28-16-14-24/h7-8,17H,1-6,9-16,18H2,(H,22,23). The molecule has 4 rings (SSSR count). The predicted octanol–water partition coefficient (Wildman–Crippen LogP) is 2.70. The third-order valence-corrected chi connectivity index (χ3v) is 8.64. The number of pyridine rings is 1. The van der Waals surface area contributed by atoms with Gasteiger partial charge in [0.1, 0.15) is 10.7 Å². The Hall–Kier alpha value is -1.22. The summed E-state index contributed by atoms with van der Waals surface area (Å²) in [5, 5.41) is 3.51. The number of nitrogens with zero attached hydrogens (tertiary/aromatic N) is 3. The lowest BCUT2D eigenvalue weighted by Gasteiger charge is -2.48. The Morgan fingerprint density at radius 2 is 1.66 bits per heavy atom. The predicted molar refractivity (Wildman–Crippen MR) is 114 cm³/mol. The van der Waals surface area contributed by atoms with Gasteiger partial charge in [-0.3, -0.25) is 4.90 Å². The fraction of sp³-hybridized carbons (Fsp3) is 0.762. The first kappa shape index (κ1) is 21.0. The fourth-order valence-corrected chi connectivity index (χ4v) is 6.46. The highest BCUT2D eigenvalue weighted by Gasteiger charge is 2.38. The number of nitrogens with one attached hydrogen (secondary N) is 1. The molecule has 3 heterocycles. The van der Waals surface area contributed by atoms with E-state index in [1.165, 1.54) is 38.3 Å². The van der Waals surface area contributed by atoms with E-state index in [2.05, 4.69) is 15.2 Å². The monoisotopic (exact) mass is 422 g/mol. The summed E-state index contributed by atoms with van der Waals surface area (Å²) >= 11 is 0. The second kappa shape index (κ2) is 9.29. The normalized spacial score (nSPS) is 24.3. The average Bonchev–Trinajstić information content (AvgIpc) is 2.80. The SMILES string of the molecule is O=S(=O)(c1ccc(NCC2(N3CCOCC3)CCCCC2)nc1)N1CCCCC1. The van der Waals surface area contributed by atoms with Crippen LogP contribution < -0.4 is 5.32 Å². The van der Waals surface area contributed by atoms with Crippen molar-refractivity contribution >= 4 is 15.8 Å². The van der Waals surface area contributed by atoms with Crippen LogP contribution in [0.4, 0.5) is 5.82 Å². The maximum absolute atomic E-state index is 12.8. The molecule has 7 nitrogen and oxygen atoms in total. The first-order chi connectivity index (χ1) is 14.1. The van der Waals surface area contributed by atoms with Crippen molar-refractivity contribution in [2.45, 2.75) is 61.8 Å². The van der Waals surface area contributed by atoms with Gasteiger partial charge in [-0.15, -0.1) is 0 Å². The second-order valence-electron chi connectivity index (χ2n) is 8.58. The minimum absolute atomic E-state index is 0.155. The van der Waals surface area contributed by atoms with E-state index in [1.807, 2.05) is 6.07 Å². The lowest BCUT2D eigenvalue weighted by molar-refractivity contribution is -0.0318. The van der Waals surface area contributed by atoms with E-state index in [0.29, 0.717) is 18.0 Å². The van der Waals surface area contributed by atoms with Gasteiger partial charge in [-0.2, -0.15) is 4.31 Å². The van der Waals surface area contributed by atoms with Crippen LogP contribution in [0.3, 0.4) is 0 Å². The van der Waals surface area contributed by atoms with E-state index >= 15 is 0 Å². The van der Waals surface area contributed by atoms with Gasteiger partial charge in [-0.05, 0) is 37.8 Å². The molecule has 1 N–H and O–H groups in total. The minimum Gasteiger partial charge on any atom is -0.379 e. The first-order valence-corrected chi connectivity index (χ1v) is 12.6. The molecular formula is C21H34N4O3S. The highest BCUT2D eigenvalue weighted by atomic mass is 32.2. The molecule has 0 atom stereocenters. The van der Waals surface area contributed by atoms with Gasteiger partial charge in [-0.1, -0.05) is 25.7 Å². The van der Waals surface area contributed by atoms with Crippen molar-refractivity contribution in [3.05, 3.63) is 18.3 Å². The molecule has 3 aliphatic rings. The van der Waals surface area contributed by atoms with Crippen LogP contribution in [-0.4, -0.2) is 74.1 Å². The maximum atomic E-state index is 12.8. The van der Waals surface area contributed by atoms with Gasteiger partial charge in [0.15, 0.2) is 0 Å². The summed E-state index contributed by atoms with van der Waals surface area (Å²) in [6.45, 7) is 5.67. The molecule has 1 saturated carbocycles. The Morgan fingerprint density at radius 1 is 0.966 bits per heavy atom. The molecule has 0 amide bonds.